The van der Waals surface area contributed by atoms with Gasteiger partial charge in [0.05, 0.1) is 19.5 Å². The van der Waals surface area contributed by atoms with Crippen LogP contribution in [0.5, 0.6) is 5.75 Å². The molecule has 21 heavy (non-hydrogen) atoms. The number of aliphatic hydroxyl groups excluding tert-OH is 1. The second kappa shape index (κ2) is 6.74. The molecule has 1 saturated heterocycles. The number of aliphatic hydroxyl groups is 1. The summed E-state index contributed by atoms with van der Waals surface area (Å²) in [6.45, 7) is 2.74. The summed E-state index contributed by atoms with van der Waals surface area (Å²) in [5, 5.41) is 10.2. The third-order valence-electron chi connectivity index (χ3n) is 3.73. The fourth-order valence-corrected chi connectivity index (χ4v) is 3.25. The Morgan fingerprint density at radius 2 is 1.76 bits per heavy atom. The van der Waals surface area contributed by atoms with E-state index < -0.39 is 16.1 Å². The Hall–Kier alpha value is -1.15. The van der Waals surface area contributed by atoms with E-state index in [1.165, 1.54) is 10.6 Å². The van der Waals surface area contributed by atoms with Gasteiger partial charge in [0.2, 0.25) is 10.0 Å². The zero-order valence-electron chi connectivity index (χ0n) is 12.4. The minimum atomic E-state index is -3.11. The molecule has 1 aliphatic rings. The summed E-state index contributed by atoms with van der Waals surface area (Å²) in [6.07, 6.45) is 0.648. The summed E-state index contributed by atoms with van der Waals surface area (Å²) >= 11 is 0. The van der Waals surface area contributed by atoms with Crippen LogP contribution in [0.1, 0.15) is 11.7 Å². The molecular formula is C14H22N2O4S. The van der Waals surface area contributed by atoms with Crippen LogP contribution < -0.4 is 4.74 Å². The molecule has 1 fully saturated rings. The Bertz CT molecular complexity index is 551. The van der Waals surface area contributed by atoms with Gasteiger partial charge in [0.1, 0.15) is 5.75 Å². The number of hydrogen-bond acceptors (Lipinski definition) is 5. The van der Waals surface area contributed by atoms with E-state index in [9.17, 15) is 13.5 Å². The van der Waals surface area contributed by atoms with E-state index in [1.54, 1.807) is 7.11 Å². The molecule has 1 aromatic carbocycles. The first kappa shape index (κ1) is 16.2. The average Bonchev–Trinajstić information content (AvgIpc) is 2.47. The maximum atomic E-state index is 11.4. The highest BCUT2D eigenvalue weighted by Gasteiger charge is 2.24. The van der Waals surface area contributed by atoms with Crippen LogP contribution in [0.4, 0.5) is 0 Å². The molecule has 0 saturated carbocycles. The van der Waals surface area contributed by atoms with Crippen molar-refractivity contribution in [3.8, 4) is 5.75 Å². The van der Waals surface area contributed by atoms with Gasteiger partial charge in [-0.25, -0.2) is 8.42 Å². The van der Waals surface area contributed by atoms with Crippen LogP contribution in [-0.2, 0) is 10.0 Å². The van der Waals surface area contributed by atoms with E-state index in [0.29, 0.717) is 32.7 Å². The van der Waals surface area contributed by atoms with Gasteiger partial charge < -0.3 is 9.84 Å². The van der Waals surface area contributed by atoms with Gasteiger partial charge in [0.15, 0.2) is 0 Å². The number of sulfonamides is 1. The van der Waals surface area contributed by atoms with Gasteiger partial charge in [-0.3, -0.25) is 4.90 Å². The van der Waals surface area contributed by atoms with Gasteiger partial charge in [0.25, 0.3) is 0 Å². The number of benzene rings is 1. The minimum Gasteiger partial charge on any atom is -0.497 e. The quantitative estimate of drug-likeness (QED) is 0.847. The predicted molar refractivity (Wildman–Crippen MR) is 80.8 cm³/mol. The van der Waals surface area contributed by atoms with Gasteiger partial charge >= 0.3 is 0 Å². The molecule has 2 rings (SSSR count). The Balaban J connectivity index is 1.87. The molecule has 118 valence electrons. The van der Waals surface area contributed by atoms with E-state index in [0.717, 1.165) is 11.3 Å². The number of hydrogen-bond donors (Lipinski definition) is 1. The molecule has 1 N–H and O–H groups in total. The largest absolute Gasteiger partial charge is 0.497 e. The molecule has 0 aromatic heterocycles. The van der Waals surface area contributed by atoms with Crippen molar-refractivity contribution in [2.24, 2.45) is 0 Å². The molecule has 0 amide bonds. The fraction of sp³-hybridized carbons (Fsp3) is 0.571. The lowest BCUT2D eigenvalue weighted by Gasteiger charge is -2.34. The first-order chi connectivity index (χ1) is 9.90. The highest BCUT2D eigenvalue weighted by atomic mass is 32.2. The number of rotatable bonds is 5. The van der Waals surface area contributed by atoms with Gasteiger partial charge in [-0.05, 0) is 17.7 Å². The molecule has 1 heterocycles. The lowest BCUT2D eigenvalue weighted by atomic mass is 10.1. The van der Waals surface area contributed by atoms with Crippen LogP contribution in [0.2, 0.25) is 0 Å². The molecule has 1 aromatic rings. The average molecular weight is 314 g/mol. The van der Waals surface area contributed by atoms with Crippen LogP contribution in [0, 0.1) is 0 Å². The van der Waals surface area contributed by atoms with Crippen molar-refractivity contribution in [3.63, 3.8) is 0 Å². The van der Waals surface area contributed by atoms with E-state index in [1.807, 2.05) is 24.3 Å². The van der Waals surface area contributed by atoms with Crippen molar-refractivity contribution in [2.45, 2.75) is 6.10 Å². The highest BCUT2D eigenvalue weighted by molar-refractivity contribution is 7.88. The standard InChI is InChI=1S/C14H22N2O4S/c1-20-13-5-3-12(4-6-13)14(17)11-15-7-9-16(10-8-15)21(2,18)19/h3-6,14,17H,7-11H2,1-2H3. The van der Waals surface area contributed by atoms with Crippen molar-refractivity contribution in [3.05, 3.63) is 29.8 Å². The van der Waals surface area contributed by atoms with Crippen LogP contribution >= 0.6 is 0 Å². The Labute approximate surface area is 126 Å². The first-order valence-electron chi connectivity index (χ1n) is 6.89. The zero-order valence-corrected chi connectivity index (χ0v) is 13.2. The molecule has 1 atom stereocenters. The van der Waals surface area contributed by atoms with Crippen LogP contribution in [0.15, 0.2) is 24.3 Å². The number of methoxy groups -OCH3 is 1. The van der Waals surface area contributed by atoms with Gasteiger partial charge in [-0.2, -0.15) is 4.31 Å². The number of nitrogens with zero attached hydrogens (tertiary/aromatic N) is 2. The molecule has 6 nitrogen and oxygen atoms in total. The molecule has 0 spiro atoms. The second-order valence-corrected chi connectivity index (χ2v) is 7.23. The smallest absolute Gasteiger partial charge is 0.211 e. The maximum Gasteiger partial charge on any atom is 0.211 e. The molecule has 0 bridgehead atoms. The number of ether oxygens (including phenoxy) is 1. The third kappa shape index (κ3) is 4.41. The van der Waals surface area contributed by atoms with Crippen molar-refractivity contribution in [1.82, 2.24) is 9.21 Å². The topological polar surface area (TPSA) is 70.1 Å². The summed E-state index contributed by atoms with van der Waals surface area (Å²) in [4.78, 5) is 2.08. The fourth-order valence-electron chi connectivity index (χ4n) is 2.42. The molecule has 0 aliphatic carbocycles. The Morgan fingerprint density at radius 1 is 1.19 bits per heavy atom. The van der Waals surface area contributed by atoms with Crippen LogP contribution in [0.25, 0.3) is 0 Å². The van der Waals surface area contributed by atoms with E-state index in [4.69, 9.17) is 4.74 Å². The van der Waals surface area contributed by atoms with Crippen molar-refractivity contribution >= 4 is 10.0 Å². The zero-order chi connectivity index (χ0) is 15.5. The lowest BCUT2D eigenvalue weighted by Crippen LogP contribution is -2.49. The van der Waals surface area contributed by atoms with Gasteiger partial charge in [-0.1, -0.05) is 12.1 Å². The van der Waals surface area contributed by atoms with Crippen molar-refractivity contribution in [1.29, 1.82) is 0 Å². The van der Waals surface area contributed by atoms with Crippen molar-refractivity contribution < 1.29 is 18.3 Å². The third-order valence-corrected chi connectivity index (χ3v) is 5.04. The van der Waals surface area contributed by atoms with E-state index in [-0.39, 0.29) is 0 Å². The SMILES string of the molecule is COc1ccc(C(O)CN2CCN(S(C)(=O)=O)CC2)cc1. The van der Waals surface area contributed by atoms with Crippen LogP contribution in [-0.4, -0.2) is 68.8 Å². The summed E-state index contributed by atoms with van der Waals surface area (Å²) in [6, 6.07) is 7.33. The molecule has 1 unspecified atom stereocenters. The summed E-state index contributed by atoms with van der Waals surface area (Å²) in [7, 11) is -1.50. The molecular weight excluding hydrogens is 292 g/mol. The highest BCUT2D eigenvalue weighted by Crippen LogP contribution is 2.19. The van der Waals surface area contributed by atoms with Gasteiger partial charge in [0, 0.05) is 32.7 Å². The van der Waals surface area contributed by atoms with Gasteiger partial charge in [-0.15, -0.1) is 0 Å². The van der Waals surface area contributed by atoms with Crippen LogP contribution in [0.3, 0.4) is 0 Å². The molecule has 0 radical (unpaired) electrons. The van der Waals surface area contributed by atoms with Crippen molar-refractivity contribution in [2.75, 3.05) is 46.1 Å². The number of β-amino-alcohol motifs (C(OH)–C–C–N with tert-alkyl or cyclic N) is 1. The molecule has 7 heteroatoms. The summed E-state index contributed by atoms with van der Waals surface area (Å²) in [5.41, 5.74) is 0.835. The Morgan fingerprint density at radius 3 is 2.24 bits per heavy atom. The minimum absolute atomic E-state index is 0.480. The lowest BCUT2D eigenvalue weighted by molar-refractivity contribution is 0.0922. The first-order valence-corrected chi connectivity index (χ1v) is 8.74. The second-order valence-electron chi connectivity index (χ2n) is 5.25. The van der Waals surface area contributed by atoms with E-state index in [2.05, 4.69) is 4.90 Å². The Kier molecular flexibility index (Phi) is 5.21. The maximum absolute atomic E-state index is 11.4. The monoisotopic (exact) mass is 314 g/mol. The predicted octanol–water partition coefficient (Wildman–Crippen LogP) is 0.306. The molecule has 1 aliphatic heterocycles. The number of piperazine rings is 1. The summed E-state index contributed by atoms with van der Waals surface area (Å²) in [5.74, 6) is 0.757. The summed E-state index contributed by atoms with van der Waals surface area (Å²) < 4.78 is 29.4. The normalized spacial score (nSPS) is 19.4. The van der Waals surface area contributed by atoms with E-state index >= 15 is 0 Å².